The number of benzene rings is 1. The van der Waals surface area contributed by atoms with E-state index in [0.29, 0.717) is 17.3 Å². The molecule has 0 bridgehead atoms. The first-order valence-corrected chi connectivity index (χ1v) is 9.95. The van der Waals surface area contributed by atoms with Crippen LogP contribution in [-0.2, 0) is 4.79 Å². The summed E-state index contributed by atoms with van der Waals surface area (Å²) in [5.74, 6) is 1.37. The maximum Gasteiger partial charge on any atom is 0.225 e. The molecule has 0 saturated heterocycles. The van der Waals surface area contributed by atoms with Crippen molar-refractivity contribution in [3.8, 4) is 22.1 Å². The number of carbonyl (C=O) groups excluding carboxylic acids is 1. The van der Waals surface area contributed by atoms with Gasteiger partial charge in [-0.05, 0) is 19.1 Å². The van der Waals surface area contributed by atoms with Crippen molar-refractivity contribution in [1.82, 2.24) is 9.97 Å². The largest absolute Gasteiger partial charge is 0.497 e. The number of hydrogen-bond donors (Lipinski definition) is 2. The Morgan fingerprint density at radius 3 is 2.70 bits per heavy atom. The van der Waals surface area contributed by atoms with E-state index < -0.39 is 0 Å². The highest BCUT2D eigenvalue weighted by Gasteiger charge is 2.15. The molecule has 0 aliphatic heterocycles. The summed E-state index contributed by atoms with van der Waals surface area (Å²) in [5.41, 5.74) is 2.42. The topological polar surface area (TPSA) is 85.4 Å². The molecule has 0 unspecified atom stereocenters. The molecule has 0 aliphatic carbocycles. The van der Waals surface area contributed by atoms with Gasteiger partial charge in [0, 0.05) is 17.9 Å². The molecule has 0 radical (unpaired) electrons. The van der Waals surface area contributed by atoms with E-state index in [4.69, 9.17) is 9.47 Å². The molecule has 1 aromatic carbocycles. The van der Waals surface area contributed by atoms with Crippen molar-refractivity contribution in [3.05, 3.63) is 29.3 Å². The van der Waals surface area contributed by atoms with E-state index in [1.807, 2.05) is 37.4 Å². The van der Waals surface area contributed by atoms with Crippen molar-refractivity contribution in [2.24, 2.45) is 0 Å². The summed E-state index contributed by atoms with van der Waals surface area (Å²) in [6.07, 6.45) is 0.418. The van der Waals surface area contributed by atoms with E-state index in [1.54, 1.807) is 14.2 Å². The highest BCUT2D eigenvalue weighted by Crippen LogP contribution is 2.37. The molecular weight excluding hydrogens is 384 g/mol. The lowest BCUT2D eigenvalue weighted by atomic mass is 10.2. The quantitative estimate of drug-likeness (QED) is 0.594. The van der Waals surface area contributed by atoms with Crippen LogP contribution in [0.4, 0.5) is 16.0 Å². The minimum atomic E-state index is -0.0546. The zero-order valence-corrected chi connectivity index (χ0v) is 17.1. The number of nitrogens with one attached hydrogen (secondary N) is 2. The van der Waals surface area contributed by atoms with Crippen LogP contribution in [0, 0.1) is 6.92 Å². The minimum absolute atomic E-state index is 0.0546. The van der Waals surface area contributed by atoms with E-state index in [1.165, 1.54) is 22.7 Å². The second-order valence-corrected chi connectivity index (χ2v) is 7.42. The van der Waals surface area contributed by atoms with Crippen molar-refractivity contribution in [2.45, 2.75) is 20.3 Å². The molecule has 2 N–H and O–H groups in total. The fourth-order valence-electron chi connectivity index (χ4n) is 2.36. The van der Waals surface area contributed by atoms with E-state index in [0.717, 1.165) is 32.8 Å². The molecule has 0 saturated carbocycles. The Labute approximate surface area is 165 Å². The molecule has 0 spiro atoms. The molecule has 7 nitrogen and oxygen atoms in total. The second-order valence-electron chi connectivity index (χ2n) is 5.56. The second kappa shape index (κ2) is 8.36. The SMILES string of the molecule is CCC(=O)Nc1nc(C)c(-c2csc(Nc3cc(OC)ccc3OC)n2)s1. The summed E-state index contributed by atoms with van der Waals surface area (Å²) in [4.78, 5) is 21.6. The molecular formula is C18H20N4O3S2. The number of carbonyl (C=O) groups is 1. The molecule has 0 aliphatic rings. The van der Waals surface area contributed by atoms with Gasteiger partial charge in [-0.1, -0.05) is 18.3 Å². The van der Waals surface area contributed by atoms with Gasteiger partial charge in [-0.15, -0.1) is 11.3 Å². The predicted molar refractivity (Wildman–Crippen MR) is 110 cm³/mol. The average molecular weight is 405 g/mol. The smallest absolute Gasteiger partial charge is 0.225 e. The van der Waals surface area contributed by atoms with E-state index >= 15 is 0 Å². The van der Waals surface area contributed by atoms with E-state index in [-0.39, 0.29) is 5.91 Å². The fourth-order valence-corrected chi connectivity index (χ4v) is 4.09. The van der Waals surface area contributed by atoms with Crippen LogP contribution in [0.5, 0.6) is 11.5 Å². The number of hydrogen-bond acceptors (Lipinski definition) is 8. The zero-order valence-electron chi connectivity index (χ0n) is 15.5. The number of methoxy groups -OCH3 is 2. The number of amides is 1. The Morgan fingerprint density at radius 2 is 2.00 bits per heavy atom. The Morgan fingerprint density at radius 1 is 1.19 bits per heavy atom. The lowest BCUT2D eigenvalue weighted by molar-refractivity contribution is -0.115. The van der Waals surface area contributed by atoms with Crippen LogP contribution in [0.25, 0.3) is 10.6 Å². The third-order valence-electron chi connectivity index (χ3n) is 3.75. The summed E-state index contributed by atoms with van der Waals surface area (Å²) in [5, 5.41) is 9.34. The Hall–Kier alpha value is -2.65. The van der Waals surface area contributed by atoms with Crippen molar-refractivity contribution < 1.29 is 14.3 Å². The molecule has 2 heterocycles. The Kier molecular flexibility index (Phi) is 5.92. The number of aromatic nitrogens is 2. The van der Waals surface area contributed by atoms with Gasteiger partial charge in [0.1, 0.15) is 11.5 Å². The molecule has 0 atom stereocenters. The molecule has 3 aromatic rings. The summed E-state index contributed by atoms with van der Waals surface area (Å²) < 4.78 is 10.7. The van der Waals surface area contributed by atoms with Crippen molar-refractivity contribution in [2.75, 3.05) is 24.9 Å². The summed E-state index contributed by atoms with van der Waals surface area (Å²) in [7, 11) is 3.24. The van der Waals surface area contributed by atoms with Gasteiger partial charge in [0.2, 0.25) is 5.91 Å². The van der Waals surface area contributed by atoms with Crippen molar-refractivity contribution in [3.63, 3.8) is 0 Å². The molecule has 3 rings (SSSR count). The fraction of sp³-hybridized carbons (Fsp3) is 0.278. The van der Waals surface area contributed by atoms with Crippen molar-refractivity contribution in [1.29, 1.82) is 0 Å². The molecule has 9 heteroatoms. The Bertz CT molecular complexity index is 952. The van der Waals surface area contributed by atoms with Gasteiger partial charge in [0.15, 0.2) is 10.3 Å². The number of aryl methyl sites for hydroxylation is 1. The van der Waals surface area contributed by atoms with Gasteiger partial charge in [0.25, 0.3) is 0 Å². The molecule has 2 aromatic heterocycles. The number of nitrogens with zero attached hydrogens (tertiary/aromatic N) is 2. The Balaban J connectivity index is 1.83. The monoisotopic (exact) mass is 404 g/mol. The third-order valence-corrected chi connectivity index (χ3v) is 5.60. The summed E-state index contributed by atoms with van der Waals surface area (Å²) >= 11 is 2.90. The first-order chi connectivity index (χ1) is 13.0. The lowest BCUT2D eigenvalue weighted by Gasteiger charge is -2.10. The van der Waals surface area contributed by atoms with Gasteiger partial charge in [-0.25, -0.2) is 9.97 Å². The van der Waals surface area contributed by atoms with Gasteiger partial charge in [0.05, 0.1) is 36.2 Å². The van der Waals surface area contributed by atoms with Crippen LogP contribution in [-0.4, -0.2) is 30.1 Å². The number of rotatable bonds is 7. The van der Waals surface area contributed by atoms with Gasteiger partial charge >= 0.3 is 0 Å². The average Bonchev–Trinajstić information content (AvgIpc) is 3.27. The third kappa shape index (κ3) is 4.37. The van der Waals surface area contributed by atoms with Crippen LogP contribution in [0.15, 0.2) is 23.6 Å². The van der Waals surface area contributed by atoms with Crippen LogP contribution < -0.4 is 20.1 Å². The minimum Gasteiger partial charge on any atom is -0.497 e. The maximum absolute atomic E-state index is 11.6. The molecule has 27 heavy (non-hydrogen) atoms. The number of thiazole rings is 2. The zero-order chi connectivity index (χ0) is 19.4. The highest BCUT2D eigenvalue weighted by atomic mass is 32.1. The normalized spacial score (nSPS) is 10.5. The van der Waals surface area contributed by atoms with Crippen LogP contribution in [0.3, 0.4) is 0 Å². The van der Waals surface area contributed by atoms with Gasteiger partial charge in [-0.2, -0.15) is 0 Å². The first kappa shape index (κ1) is 19.1. The van der Waals surface area contributed by atoms with Gasteiger partial charge < -0.3 is 20.1 Å². The first-order valence-electron chi connectivity index (χ1n) is 8.26. The van der Waals surface area contributed by atoms with E-state index in [2.05, 4.69) is 20.6 Å². The van der Waals surface area contributed by atoms with Crippen LogP contribution in [0.2, 0.25) is 0 Å². The molecule has 0 fully saturated rings. The van der Waals surface area contributed by atoms with Crippen molar-refractivity contribution >= 4 is 44.5 Å². The summed E-state index contributed by atoms with van der Waals surface area (Å²) in [6.45, 7) is 3.72. The van der Waals surface area contributed by atoms with Crippen LogP contribution >= 0.6 is 22.7 Å². The lowest BCUT2D eigenvalue weighted by Crippen LogP contribution is -2.08. The molecule has 142 valence electrons. The van der Waals surface area contributed by atoms with Gasteiger partial charge in [-0.3, -0.25) is 4.79 Å². The maximum atomic E-state index is 11.6. The number of ether oxygens (including phenoxy) is 2. The standard InChI is InChI=1S/C18H20N4O3S2/c1-5-15(23)22-18-19-10(2)16(27-18)13-9-26-17(21-13)20-12-8-11(24-3)6-7-14(12)25-4/h6-9H,5H2,1-4H3,(H,20,21)(H,19,22,23). The van der Waals surface area contributed by atoms with E-state index in [9.17, 15) is 4.79 Å². The van der Waals surface area contributed by atoms with Crippen LogP contribution in [0.1, 0.15) is 19.0 Å². The number of anilines is 3. The molecule has 1 amide bonds. The predicted octanol–water partition coefficient (Wildman–Crippen LogP) is 4.68. The highest BCUT2D eigenvalue weighted by molar-refractivity contribution is 7.20. The summed E-state index contributed by atoms with van der Waals surface area (Å²) in [6, 6.07) is 5.53.